The Balaban J connectivity index is 1.60. The summed E-state index contributed by atoms with van der Waals surface area (Å²) in [5.41, 5.74) is 0.586. The molecule has 0 spiro atoms. The predicted octanol–water partition coefficient (Wildman–Crippen LogP) is 2.25. The maximum atomic E-state index is 13.0. The van der Waals surface area contributed by atoms with Crippen molar-refractivity contribution in [2.45, 2.75) is 6.42 Å². The third-order valence-corrected chi connectivity index (χ3v) is 5.99. The van der Waals surface area contributed by atoms with Crippen LogP contribution in [-0.4, -0.2) is 18.9 Å². The molecule has 3 fully saturated rings. The van der Waals surface area contributed by atoms with Gasteiger partial charge in [0, 0.05) is 0 Å². The van der Waals surface area contributed by atoms with E-state index in [0.29, 0.717) is 23.3 Å². The summed E-state index contributed by atoms with van der Waals surface area (Å²) in [6, 6.07) is 7.27. The molecule has 0 N–H and O–H groups in total. The Morgan fingerprint density at radius 3 is 2.18 bits per heavy atom. The van der Waals surface area contributed by atoms with E-state index in [2.05, 4.69) is 12.2 Å². The SMILES string of the molecule is COc1ccccc1N1C(=O)[C@@H]2[C@H]3C=C[C@H]([C@H]4C[C@H]34)[C@@H]2C1=O. The first-order valence-corrected chi connectivity index (χ1v) is 7.91. The largest absolute Gasteiger partial charge is 0.495 e. The Kier molecular flexibility index (Phi) is 2.26. The fraction of sp³-hybridized carbons (Fsp3) is 0.444. The van der Waals surface area contributed by atoms with Crippen molar-refractivity contribution >= 4 is 17.5 Å². The van der Waals surface area contributed by atoms with Crippen LogP contribution in [0.1, 0.15) is 6.42 Å². The minimum atomic E-state index is -0.156. The van der Waals surface area contributed by atoms with Gasteiger partial charge in [0.05, 0.1) is 24.6 Å². The van der Waals surface area contributed by atoms with Crippen molar-refractivity contribution in [3.63, 3.8) is 0 Å². The maximum Gasteiger partial charge on any atom is 0.238 e. The second-order valence-electron chi connectivity index (χ2n) is 6.84. The van der Waals surface area contributed by atoms with Crippen LogP contribution in [0, 0.1) is 35.5 Å². The monoisotopic (exact) mass is 295 g/mol. The third-order valence-electron chi connectivity index (χ3n) is 5.99. The van der Waals surface area contributed by atoms with E-state index in [4.69, 9.17) is 4.74 Å². The summed E-state index contributed by atoms with van der Waals surface area (Å²) in [7, 11) is 1.57. The molecule has 6 rings (SSSR count). The molecule has 0 aromatic heterocycles. The Morgan fingerprint density at radius 1 is 1.00 bits per heavy atom. The van der Waals surface area contributed by atoms with Crippen molar-refractivity contribution in [2.24, 2.45) is 35.5 Å². The molecule has 112 valence electrons. The summed E-state index contributed by atoms with van der Waals surface area (Å²) >= 11 is 0. The zero-order valence-corrected chi connectivity index (χ0v) is 12.3. The molecule has 1 aromatic carbocycles. The van der Waals surface area contributed by atoms with Crippen molar-refractivity contribution in [1.82, 2.24) is 0 Å². The van der Waals surface area contributed by atoms with Gasteiger partial charge in [0.25, 0.3) is 0 Å². The van der Waals surface area contributed by atoms with Gasteiger partial charge < -0.3 is 4.74 Å². The molecular formula is C18H17NO3. The summed E-state index contributed by atoms with van der Waals surface area (Å²) in [6.45, 7) is 0. The highest BCUT2D eigenvalue weighted by Crippen LogP contribution is 2.65. The highest BCUT2D eigenvalue weighted by Gasteiger charge is 2.67. The molecule has 1 heterocycles. The first kappa shape index (κ1) is 12.4. The van der Waals surface area contributed by atoms with Crippen LogP contribution >= 0.6 is 0 Å². The number of amides is 2. The zero-order valence-electron chi connectivity index (χ0n) is 12.3. The summed E-state index contributed by atoms with van der Waals surface area (Å²) in [4.78, 5) is 27.4. The van der Waals surface area contributed by atoms with Gasteiger partial charge in [-0.1, -0.05) is 24.3 Å². The van der Waals surface area contributed by atoms with E-state index < -0.39 is 0 Å². The van der Waals surface area contributed by atoms with Gasteiger partial charge in [0.1, 0.15) is 5.75 Å². The zero-order chi connectivity index (χ0) is 15.0. The number of hydrogen-bond donors (Lipinski definition) is 0. The lowest BCUT2D eigenvalue weighted by molar-refractivity contribution is -0.124. The molecule has 6 atom stereocenters. The summed E-state index contributed by atoms with van der Waals surface area (Å²) in [6.07, 6.45) is 5.57. The molecule has 2 saturated carbocycles. The van der Waals surface area contributed by atoms with Crippen LogP contribution in [0.25, 0.3) is 0 Å². The molecule has 4 nitrogen and oxygen atoms in total. The minimum Gasteiger partial charge on any atom is -0.495 e. The number of rotatable bonds is 2. The molecule has 1 aliphatic heterocycles. The number of carbonyl (C=O) groups is 2. The molecule has 0 radical (unpaired) electrons. The van der Waals surface area contributed by atoms with Crippen LogP contribution in [0.15, 0.2) is 36.4 Å². The van der Waals surface area contributed by atoms with Gasteiger partial charge in [-0.3, -0.25) is 9.59 Å². The lowest BCUT2D eigenvalue weighted by atomic mass is 9.63. The van der Waals surface area contributed by atoms with Gasteiger partial charge in [-0.15, -0.1) is 0 Å². The van der Waals surface area contributed by atoms with Gasteiger partial charge >= 0.3 is 0 Å². The summed E-state index contributed by atoms with van der Waals surface area (Å²) < 4.78 is 5.35. The van der Waals surface area contributed by atoms with E-state index >= 15 is 0 Å². The summed E-state index contributed by atoms with van der Waals surface area (Å²) in [5.74, 6) is 1.97. The fourth-order valence-corrected chi connectivity index (χ4v) is 5.01. The average Bonchev–Trinajstić information content (AvgIpc) is 3.32. The molecule has 4 heteroatoms. The number of hydrogen-bond acceptors (Lipinski definition) is 3. The quantitative estimate of drug-likeness (QED) is 0.621. The Bertz CT molecular complexity index is 689. The second kappa shape index (κ2) is 4.00. The number of carbonyl (C=O) groups excluding carboxylic acids is 2. The van der Waals surface area contributed by atoms with Gasteiger partial charge in [-0.25, -0.2) is 4.90 Å². The number of methoxy groups -OCH3 is 1. The Hall–Kier alpha value is -2.10. The van der Waals surface area contributed by atoms with Crippen molar-refractivity contribution in [1.29, 1.82) is 0 Å². The molecular weight excluding hydrogens is 278 g/mol. The van der Waals surface area contributed by atoms with Crippen LogP contribution in [-0.2, 0) is 9.59 Å². The van der Waals surface area contributed by atoms with E-state index in [1.165, 1.54) is 11.3 Å². The molecule has 4 aliphatic carbocycles. The first-order chi connectivity index (χ1) is 10.7. The Labute approximate surface area is 128 Å². The molecule has 0 unspecified atom stereocenters. The van der Waals surface area contributed by atoms with Gasteiger partial charge in [-0.2, -0.15) is 0 Å². The standard InChI is InChI=1S/C18H17NO3/c1-22-14-5-3-2-4-13(14)19-17(20)15-9-6-7-10(12-8-11(9)12)16(15)18(19)21/h2-7,9-12,15-16H,8H2,1H3/t9-,10+,11-,12-,15+,16-/m1/s1. The normalized spacial score (nSPS) is 40.7. The van der Waals surface area contributed by atoms with Crippen LogP contribution in [0.3, 0.4) is 0 Å². The summed E-state index contributed by atoms with van der Waals surface area (Å²) in [5, 5.41) is 0. The number of allylic oxidation sites excluding steroid dienone is 2. The number of ether oxygens (including phenoxy) is 1. The molecule has 5 aliphatic rings. The first-order valence-electron chi connectivity index (χ1n) is 7.91. The number of anilines is 1. The van der Waals surface area contributed by atoms with Crippen molar-refractivity contribution in [2.75, 3.05) is 12.0 Å². The van der Waals surface area contributed by atoms with Crippen molar-refractivity contribution in [3.05, 3.63) is 36.4 Å². The number of benzene rings is 1. The van der Waals surface area contributed by atoms with E-state index in [-0.39, 0.29) is 35.5 Å². The van der Waals surface area contributed by atoms with E-state index in [1.54, 1.807) is 19.2 Å². The molecule has 2 amide bonds. The second-order valence-corrected chi connectivity index (χ2v) is 6.84. The highest BCUT2D eigenvalue weighted by molar-refractivity contribution is 6.23. The van der Waals surface area contributed by atoms with E-state index in [9.17, 15) is 9.59 Å². The van der Waals surface area contributed by atoms with Gasteiger partial charge in [0.15, 0.2) is 0 Å². The number of imide groups is 1. The lowest BCUT2D eigenvalue weighted by Gasteiger charge is -2.37. The smallest absolute Gasteiger partial charge is 0.238 e. The third kappa shape index (κ3) is 1.33. The Morgan fingerprint density at radius 2 is 1.59 bits per heavy atom. The van der Waals surface area contributed by atoms with Crippen LogP contribution in [0.5, 0.6) is 5.75 Å². The van der Waals surface area contributed by atoms with Crippen LogP contribution < -0.4 is 9.64 Å². The fourth-order valence-electron chi connectivity index (χ4n) is 5.01. The van der Waals surface area contributed by atoms with E-state index in [0.717, 1.165) is 0 Å². The molecule has 2 bridgehead atoms. The minimum absolute atomic E-state index is 0.0378. The molecule has 22 heavy (non-hydrogen) atoms. The topological polar surface area (TPSA) is 46.6 Å². The number of nitrogens with zero attached hydrogens (tertiary/aromatic N) is 1. The van der Waals surface area contributed by atoms with E-state index in [1.807, 2.05) is 12.1 Å². The van der Waals surface area contributed by atoms with Crippen molar-refractivity contribution < 1.29 is 14.3 Å². The van der Waals surface area contributed by atoms with Gasteiger partial charge in [-0.05, 0) is 42.2 Å². The molecule has 1 saturated heterocycles. The molecule has 1 aromatic rings. The van der Waals surface area contributed by atoms with Gasteiger partial charge in [0.2, 0.25) is 11.8 Å². The van der Waals surface area contributed by atoms with Crippen molar-refractivity contribution in [3.8, 4) is 5.75 Å². The highest BCUT2D eigenvalue weighted by atomic mass is 16.5. The average molecular weight is 295 g/mol. The van der Waals surface area contributed by atoms with Crippen LogP contribution in [0.2, 0.25) is 0 Å². The predicted molar refractivity (Wildman–Crippen MR) is 80.2 cm³/mol. The van der Waals surface area contributed by atoms with Crippen LogP contribution in [0.4, 0.5) is 5.69 Å². The maximum absolute atomic E-state index is 13.0. The number of para-hydroxylation sites is 2. The lowest BCUT2D eigenvalue weighted by Crippen LogP contribution is -2.40.